The molecule has 3 aliphatic rings. The summed E-state index contributed by atoms with van der Waals surface area (Å²) in [4.78, 5) is 28.7. The lowest BCUT2D eigenvalue weighted by Crippen LogP contribution is -2.61. The average molecular weight is 431 g/mol. The van der Waals surface area contributed by atoms with Gasteiger partial charge in [-0.25, -0.2) is 9.37 Å². The van der Waals surface area contributed by atoms with Gasteiger partial charge >= 0.3 is 0 Å². The van der Waals surface area contributed by atoms with Crippen LogP contribution in [0.3, 0.4) is 0 Å². The number of carbonyl (C=O) groups excluding carboxylic acids is 1. The van der Waals surface area contributed by atoms with E-state index in [0.29, 0.717) is 40.1 Å². The molecule has 0 radical (unpaired) electrons. The van der Waals surface area contributed by atoms with Crippen LogP contribution in [0.2, 0.25) is 0 Å². The van der Waals surface area contributed by atoms with Crippen LogP contribution in [0.5, 0.6) is 0 Å². The molecule has 8 nitrogen and oxygen atoms in total. The number of hydrogen-bond donors (Lipinski definition) is 2. The molecular formula is C23H22FN7O. The molecule has 0 saturated carbocycles. The van der Waals surface area contributed by atoms with E-state index in [0.717, 1.165) is 25.2 Å². The number of pyridine rings is 1. The van der Waals surface area contributed by atoms with Gasteiger partial charge < -0.3 is 19.9 Å². The van der Waals surface area contributed by atoms with E-state index in [1.165, 1.54) is 12.5 Å². The third-order valence-corrected chi connectivity index (χ3v) is 6.39. The quantitative estimate of drug-likeness (QED) is 0.519. The zero-order valence-electron chi connectivity index (χ0n) is 17.5. The Morgan fingerprint density at radius 1 is 1.19 bits per heavy atom. The number of benzene rings is 1. The van der Waals surface area contributed by atoms with Crippen LogP contribution in [-0.2, 0) is 0 Å². The van der Waals surface area contributed by atoms with Gasteiger partial charge in [-0.05, 0) is 31.9 Å². The molecule has 2 bridgehead atoms. The number of nitrogens with one attached hydrogen (secondary N) is 2. The Morgan fingerprint density at radius 3 is 2.78 bits per heavy atom. The largest absolute Gasteiger partial charge is 0.364 e. The maximum atomic E-state index is 14.4. The molecule has 2 unspecified atom stereocenters. The smallest absolute Gasteiger partial charge is 0.257 e. The first-order valence-corrected chi connectivity index (χ1v) is 10.8. The Balaban J connectivity index is 1.36. The van der Waals surface area contributed by atoms with E-state index in [4.69, 9.17) is 0 Å². The summed E-state index contributed by atoms with van der Waals surface area (Å²) in [5.41, 5.74) is 3.92. The molecule has 1 aromatic carbocycles. The first-order valence-electron chi connectivity index (χ1n) is 10.8. The van der Waals surface area contributed by atoms with Crippen LogP contribution in [0.4, 0.5) is 15.8 Å². The van der Waals surface area contributed by atoms with Gasteiger partial charge in [-0.3, -0.25) is 14.8 Å². The van der Waals surface area contributed by atoms with Crippen LogP contribution < -0.4 is 15.5 Å². The fourth-order valence-corrected chi connectivity index (χ4v) is 4.91. The van der Waals surface area contributed by atoms with E-state index in [-0.39, 0.29) is 11.6 Å². The number of piperidine rings is 2. The highest BCUT2D eigenvalue weighted by atomic mass is 19.1. The summed E-state index contributed by atoms with van der Waals surface area (Å²) in [5, 5.41) is 6.36. The van der Waals surface area contributed by atoms with Gasteiger partial charge in [0.25, 0.3) is 5.91 Å². The molecule has 6 heterocycles. The molecule has 3 fully saturated rings. The number of anilines is 2. The molecule has 3 aromatic heterocycles. The molecule has 7 rings (SSSR count). The Labute approximate surface area is 183 Å². The van der Waals surface area contributed by atoms with Crippen LogP contribution in [0.15, 0.2) is 43.0 Å². The predicted molar refractivity (Wildman–Crippen MR) is 120 cm³/mol. The molecule has 162 valence electrons. The Morgan fingerprint density at radius 2 is 2.03 bits per heavy atom. The standard InChI is InChI=1S/C23H22FN7O/c1-13-10-30-11-15(8-18(24)22(30)28-13)29-23(32)17-4-5-19(21-20(17)25-6-7-26-21)31-12-14-2-3-16(31)9-27-14/h4-8,10-11,14,16,27H,2-3,9,12H2,1H3,(H,29,32). The molecule has 2 atom stereocenters. The maximum absolute atomic E-state index is 14.4. The van der Waals surface area contributed by atoms with E-state index in [1.54, 1.807) is 42.2 Å². The van der Waals surface area contributed by atoms with Gasteiger partial charge in [0.15, 0.2) is 11.5 Å². The van der Waals surface area contributed by atoms with Crippen LogP contribution in [0.1, 0.15) is 28.9 Å². The molecule has 3 aliphatic heterocycles. The SMILES string of the molecule is Cc1cn2cc(NC(=O)c3ccc(N4CC5CCC4CN5)c4nccnc34)cc(F)c2n1. The zero-order valence-corrected chi connectivity index (χ0v) is 17.5. The molecule has 9 heteroatoms. The topological polar surface area (TPSA) is 87.5 Å². The minimum Gasteiger partial charge on any atom is -0.364 e. The van der Waals surface area contributed by atoms with E-state index in [2.05, 4.69) is 30.5 Å². The summed E-state index contributed by atoms with van der Waals surface area (Å²) in [6.07, 6.45) is 8.93. The van der Waals surface area contributed by atoms with Gasteiger partial charge in [-0.2, -0.15) is 0 Å². The number of amides is 1. The number of aromatic nitrogens is 4. The maximum Gasteiger partial charge on any atom is 0.257 e. The zero-order chi connectivity index (χ0) is 21.8. The van der Waals surface area contributed by atoms with Crippen LogP contribution in [0.25, 0.3) is 16.7 Å². The van der Waals surface area contributed by atoms with E-state index in [1.807, 2.05) is 6.07 Å². The van der Waals surface area contributed by atoms with Crippen molar-refractivity contribution in [1.82, 2.24) is 24.7 Å². The molecule has 0 spiro atoms. The first kappa shape index (κ1) is 19.1. The molecular weight excluding hydrogens is 409 g/mol. The van der Waals surface area contributed by atoms with E-state index < -0.39 is 5.82 Å². The van der Waals surface area contributed by atoms with Crippen LogP contribution >= 0.6 is 0 Å². The minimum atomic E-state index is -0.496. The fraction of sp³-hybridized carbons (Fsp3) is 0.304. The van der Waals surface area contributed by atoms with Crippen molar-refractivity contribution < 1.29 is 9.18 Å². The van der Waals surface area contributed by atoms with Crippen molar-refractivity contribution in [3.8, 4) is 0 Å². The lowest BCUT2D eigenvalue weighted by molar-refractivity contribution is 0.102. The van der Waals surface area contributed by atoms with Crippen molar-refractivity contribution >= 4 is 34.0 Å². The molecule has 1 amide bonds. The highest BCUT2D eigenvalue weighted by molar-refractivity contribution is 6.13. The van der Waals surface area contributed by atoms with E-state index in [9.17, 15) is 9.18 Å². The van der Waals surface area contributed by atoms with Crippen LogP contribution in [-0.4, -0.2) is 50.4 Å². The van der Waals surface area contributed by atoms with Crippen molar-refractivity contribution in [2.24, 2.45) is 0 Å². The van der Waals surface area contributed by atoms with Crippen molar-refractivity contribution in [2.75, 3.05) is 23.3 Å². The Hall–Kier alpha value is -3.59. The fourth-order valence-electron chi connectivity index (χ4n) is 4.91. The van der Waals surface area contributed by atoms with Crippen molar-refractivity contribution in [2.45, 2.75) is 31.8 Å². The van der Waals surface area contributed by atoms with Gasteiger partial charge in [0.2, 0.25) is 0 Å². The average Bonchev–Trinajstić information content (AvgIpc) is 3.19. The number of imidazole rings is 1. The van der Waals surface area contributed by atoms with E-state index >= 15 is 0 Å². The summed E-state index contributed by atoms with van der Waals surface area (Å²) in [5.74, 6) is -0.857. The minimum absolute atomic E-state index is 0.228. The Kier molecular flexibility index (Phi) is 4.32. The normalized spacial score (nSPS) is 20.2. The van der Waals surface area contributed by atoms with Gasteiger partial charge in [0.05, 0.1) is 22.6 Å². The summed E-state index contributed by atoms with van der Waals surface area (Å²) in [6, 6.07) is 5.91. The number of halogens is 1. The Bertz CT molecular complexity index is 1360. The highest BCUT2D eigenvalue weighted by Gasteiger charge is 2.34. The number of hydrogen-bond acceptors (Lipinski definition) is 6. The second kappa shape index (κ2) is 7.23. The van der Waals surface area contributed by atoms with Gasteiger partial charge in [-0.15, -0.1) is 0 Å². The molecule has 0 aliphatic carbocycles. The monoisotopic (exact) mass is 431 g/mol. The van der Waals surface area contributed by atoms with Crippen LogP contribution in [0, 0.1) is 12.7 Å². The number of rotatable bonds is 3. The van der Waals surface area contributed by atoms with Crippen molar-refractivity contribution in [1.29, 1.82) is 0 Å². The lowest BCUT2D eigenvalue weighted by atomic mass is 9.92. The molecule has 4 aromatic rings. The number of piperazine rings is 1. The third-order valence-electron chi connectivity index (χ3n) is 6.39. The summed E-state index contributed by atoms with van der Waals surface area (Å²) < 4.78 is 16.0. The summed E-state index contributed by atoms with van der Waals surface area (Å²) in [6.45, 7) is 3.67. The lowest BCUT2D eigenvalue weighted by Gasteiger charge is -2.47. The molecule has 2 N–H and O–H groups in total. The van der Waals surface area contributed by atoms with Gasteiger partial charge in [0, 0.05) is 56.0 Å². The van der Waals surface area contributed by atoms with Crippen molar-refractivity contribution in [3.05, 3.63) is 60.1 Å². The predicted octanol–water partition coefficient (Wildman–Crippen LogP) is 2.92. The number of aryl methyl sites for hydroxylation is 1. The van der Waals surface area contributed by atoms with Gasteiger partial charge in [0.1, 0.15) is 11.0 Å². The number of fused-ring (bicyclic) bond motifs is 5. The second-order valence-corrected chi connectivity index (χ2v) is 8.52. The third kappa shape index (κ3) is 3.08. The van der Waals surface area contributed by atoms with Crippen molar-refractivity contribution in [3.63, 3.8) is 0 Å². The highest BCUT2D eigenvalue weighted by Crippen LogP contribution is 2.33. The summed E-state index contributed by atoms with van der Waals surface area (Å²) >= 11 is 0. The number of carbonyl (C=O) groups is 1. The summed E-state index contributed by atoms with van der Waals surface area (Å²) in [7, 11) is 0. The van der Waals surface area contributed by atoms with Gasteiger partial charge in [-0.1, -0.05) is 0 Å². The second-order valence-electron chi connectivity index (χ2n) is 8.52. The molecule has 32 heavy (non-hydrogen) atoms. The number of nitrogens with zero attached hydrogens (tertiary/aromatic N) is 5. The molecule has 3 saturated heterocycles. The first-order chi connectivity index (χ1) is 15.6.